The van der Waals surface area contributed by atoms with Gasteiger partial charge in [-0.05, 0) is 54.2 Å². The molecule has 0 saturated carbocycles. The fourth-order valence-corrected chi connectivity index (χ4v) is 3.54. The highest BCUT2D eigenvalue weighted by atomic mass is 16.4. The molecule has 3 aromatic rings. The summed E-state index contributed by atoms with van der Waals surface area (Å²) in [6.07, 6.45) is 4.61. The minimum absolute atomic E-state index is 0.199. The summed E-state index contributed by atoms with van der Waals surface area (Å²) in [6.45, 7) is 0.199. The molecule has 6 heteroatoms. The predicted octanol–water partition coefficient (Wildman–Crippen LogP) is 1.85. The van der Waals surface area contributed by atoms with Crippen molar-refractivity contribution in [2.75, 3.05) is 7.05 Å². The van der Waals surface area contributed by atoms with Gasteiger partial charge in [0.25, 0.3) is 11.5 Å². The van der Waals surface area contributed by atoms with E-state index in [-0.39, 0.29) is 18.0 Å². The van der Waals surface area contributed by atoms with Crippen LogP contribution >= 0.6 is 0 Å². The first-order valence-electron chi connectivity index (χ1n) is 8.56. The Kier molecular flexibility index (Phi) is 3.95. The van der Waals surface area contributed by atoms with Crippen LogP contribution in [-0.4, -0.2) is 17.5 Å². The lowest BCUT2D eigenvalue weighted by atomic mass is 10.0. The predicted molar refractivity (Wildman–Crippen MR) is 97.7 cm³/mol. The molecule has 1 N–H and O–H groups in total. The van der Waals surface area contributed by atoms with Crippen LogP contribution in [0.25, 0.3) is 11.0 Å². The maximum Gasteiger partial charge on any atom is 0.336 e. The van der Waals surface area contributed by atoms with Gasteiger partial charge in [0.05, 0.1) is 12.1 Å². The van der Waals surface area contributed by atoms with E-state index in [0.717, 1.165) is 24.6 Å². The molecule has 0 unspecified atom stereocenters. The number of hydrogen-bond acceptors (Lipinski definition) is 4. The summed E-state index contributed by atoms with van der Waals surface area (Å²) in [7, 11) is 1.54. The highest BCUT2D eigenvalue weighted by Gasteiger charge is 2.16. The average Bonchev–Trinajstić information content (AvgIpc) is 3.08. The zero-order valence-electron chi connectivity index (χ0n) is 14.4. The first-order valence-corrected chi connectivity index (χ1v) is 8.56. The molecule has 0 radical (unpaired) electrons. The van der Waals surface area contributed by atoms with Crippen molar-refractivity contribution in [1.29, 1.82) is 0 Å². The first-order chi connectivity index (χ1) is 12.5. The molecule has 6 nitrogen and oxygen atoms in total. The highest BCUT2D eigenvalue weighted by Crippen LogP contribution is 2.28. The highest BCUT2D eigenvalue weighted by molar-refractivity contribution is 5.93. The minimum atomic E-state index is -0.444. The Morgan fingerprint density at radius 1 is 1.15 bits per heavy atom. The molecule has 0 atom stereocenters. The van der Waals surface area contributed by atoms with Crippen LogP contribution in [0, 0.1) is 0 Å². The van der Waals surface area contributed by atoms with Crippen LogP contribution in [0.15, 0.2) is 50.5 Å². The fraction of sp³-hybridized carbons (Fsp3) is 0.250. The molecule has 1 aliphatic carbocycles. The van der Waals surface area contributed by atoms with Crippen LogP contribution in [0.2, 0.25) is 0 Å². The molecule has 0 fully saturated rings. The van der Waals surface area contributed by atoms with Gasteiger partial charge < -0.3 is 14.3 Å². The Morgan fingerprint density at radius 3 is 2.69 bits per heavy atom. The second-order valence-electron chi connectivity index (χ2n) is 6.52. The fourth-order valence-electron chi connectivity index (χ4n) is 3.54. The van der Waals surface area contributed by atoms with E-state index in [1.165, 1.54) is 47.1 Å². The number of aromatic nitrogens is 1. The quantitative estimate of drug-likeness (QED) is 0.731. The van der Waals surface area contributed by atoms with Gasteiger partial charge in [-0.3, -0.25) is 9.59 Å². The van der Waals surface area contributed by atoms with E-state index in [2.05, 4.69) is 11.4 Å². The van der Waals surface area contributed by atoms with Crippen LogP contribution in [-0.2, 0) is 19.4 Å². The van der Waals surface area contributed by atoms with E-state index in [1.807, 2.05) is 6.07 Å². The standard InChI is InChI=1S/C20H18N2O4/c1-21-20(25)14-5-6-18(23)22(10-14)11-15-9-19(24)26-17-8-13-4-2-3-12(13)7-16(15)17/h5-10H,2-4,11H2,1H3,(H,21,25). The lowest BCUT2D eigenvalue weighted by Gasteiger charge is -2.11. The Bertz CT molecular complexity index is 1140. The molecule has 0 saturated heterocycles. The second kappa shape index (κ2) is 6.29. The number of benzene rings is 1. The molecule has 4 rings (SSSR count). The summed E-state index contributed by atoms with van der Waals surface area (Å²) >= 11 is 0. The number of carbonyl (C=O) groups is 1. The van der Waals surface area contributed by atoms with Gasteiger partial charge in [-0.15, -0.1) is 0 Å². The zero-order chi connectivity index (χ0) is 18.3. The topological polar surface area (TPSA) is 81.3 Å². The molecule has 0 spiro atoms. The molecule has 1 aliphatic rings. The van der Waals surface area contributed by atoms with Crippen molar-refractivity contribution in [1.82, 2.24) is 9.88 Å². The summed E-state index contributed by atoms with van der Waals surface area (Å²) in [5, 5.41) is 3.38. The third-order valence-corrected chi connectivity index (χ3v) is 4.86. The Morgan fingerprint density at radius 2 is 1.92 bits per heavy atom. The maximum atomic E-state index is 12.2. The zero-order valence-corrected chi connectivity index (χ0v) is 14.4. The molecule has 0 bridgehead atoms. The van der Waals surface area contributed by atoms with Crippen LogP contribution < -0.4 is 16.5 Å². The van der Waals surface area contributed by atoms with E-state index in [0.29, 0.717) is 16.7 Å². The number of amides is 1. The molecule has 1 amide bonds. The van der Waals surface area contributed by atoms with Crippen LogP contribution in [0.3, 0.4) is 0 Å². The summed E-state index contributed by atoms with van der Waals surface area (Å²) < 4.78 is 6.80. The molecular formula is C20H18N2O4. The van der Waals surface area contributed by atoms with E-state index in [9.17, 15) is 14.4 Å². The van der Waals surface area contributed by atoms with Crippen molar-refractivity contribution in [3.8, 4) is 0 Å². The van der Waals surface area contributed by atoms with Crippen molar-refractivity contribution in [2.45, 2.75) is 25.8 Å². The van der Waals surface area contributed by atoms with Crippen LogP contribution in [0.5, 0.6) is 0 Å². The maximum absolute atomic E-state index is 12.2. The molecule has 0 aliphatic heterocycles. The minimum Gasteiger partial charge on any atom is -0.423 e. The molecule has 132 valence electrons. The average molecular weight is 350 g/mol. The van der Waals surface area contributed by atoms with Crippen molar-refractivity contribution in [2.24, 2.45) is 0 Å². The number of hydrogen-bond donors (Lipinski definition) is 1. The van der Waals surface area contributed by atoms with E-state index >= 15 is 0 Å². The Balaban J connectivity index is 1.84. The molecule has 2 aromatic heterocycles. The van der Waals surface area contributed by atoms with Gasteiger partial charge in [-0.25, -0.2) is 4.79 Å². The number of nitrogens with one attached hydrogen (secondary N) is 1. The normalized spacial score (nSPS) is 13.0. The first kappa shape index (κ1) is 16.3. The second-order valence-corrected chi connectivity index (χ2v) is 6.52. The number of aryl methyl sites for hydroxylation is 2. The Hall–Kier alpha value is -3.15. The summed E-state index contributed by atoms with van der Waals surface area (Å²) in [6, 6.07) is 8.26. The smallest absolute Gasteiger partial charge is 0.336 e. The number of rotatable bonds is 3. The number of fused-ring (bicyclic) bond motifs is 2. The lowest BCUT2D eigenvalue weighted by Crippen LogP contribution is -2.24. The van der Waals surface area contributed by atoms with Gasteiger partial charge in [0.1, 0.15) is 5.58 Å². The van der Waals surface area contributed by atoms with Crippen LogP contribution in [0.4, 0.5) is 0 Å². The SMILES string of the molecule is CNC(=O)c1ccc(=O)n(Cc2cc(=O)oc3cc4c(cc23)CCC4)c1. The van der Waals surface area contributed by atoms with Gasteiger partial charge in [0.15, 0.2) is 0 Å². The van der Waals surface area contributed by atoms with E-state index in [1.54, 1.807) is 0 Å². The van der Waals surface area contributed by atoms with E-state index in [4.69, 9.17) is 4.42 Å². The molecule has 2 heterocycles. The van der Waals surface area contributed by atoms with Crippen molar-refractivity contribution in [3.05, 3.63) is 79.6 Å². The van der Waals surface area contributed by atoms with Gasteiger partial charge in [0.2, 0.25) is 0 Å². The van der Waals surface area contributed by atoms with Gasteiger partial charge in [0, 0.05) is 30.8 Å². The lowest BCUT2D eigenvalue weighted by molar-refractivity contribution is 0.0962. The largest absolute Gasteiger partial charge is 0.423 e. The third kappa shape index (κ3) is 2.83. The monoisotopic (exact) mass is 350 g/mol. The third-order valence-electron chi connectivity index (χ3n) is 4.86. The number of carbonyl (C=O) groups excluding carboxylic acids is 1. The molecule has 1 aromatic carbocycles. The van der Waals surface area contributed by atoms with Gasteiger partial charge in [-0.1, -0.05) is 0 Å². The van der Waals surface area contributed by atoms with Crippen LogP contribution in [0.1, 0.15) is 33.5 Å². The van der Waals surface area contributed by atoms with E-state index < -0.39 is 5.63 Å². The summed E-state index contributed by atoms with van der Waals surface area (Å²) in [5.74, 6) is -0.269. The van der Waals surface area contributed by atoms with Crippen molar-refractivity contribution in [3.63, 3.8) is 0 Å². The van der Waals surface area contributed by atoms with Gasteiger partial charge >= 0.3 is 5.63 Å². The van der Waals surface area contributed by atoms with Crippen molar-refractivity contribution >= 4 is 16.9 Å². The van der Waals surface area contributed by atoms with Gasteiger partial charge in [-0.2, -0.15) is 0 Å². The number of nitrogens with zero attached hydrogens (tertiary/aromatic N) is 1. The molecular weight excluding hydrogens is 332 g/mol. The molecule has 26 heavy (non-hydrogen) atoms. The summed E-state index contributed by atoms with van der Waals surface area (Å²) in [4.78, 5) is 36.0. The summed E-state index contributed by atoms with van der Waals surface area (Å²) in [5.41, 5.74) is 3.45. The van der Waals surface area contributed by atoms with Crippen molar-refractivity contribution < 1.29 is 9.21 Å². The number of pyridine rings is 1. The Labute approximate surface area is 149 Å².